The lowest BCUT2D eigenvalue weighted by Crippen LogP contribution is -2.59. The van der Waals surface area contributed by atoms with Crippen molar-refractivity contribution in [2.45, 2.75) is 57.2 Å². The van der Waals surface area contributed by atoms with Crippen LogP contribution < -0.4 is 5.73 Å². The van der Waals surface area contributed by atoms with Crippen molar-refractivity contribution < 1.29 is 0 Å². The molecular weight excluding hydrogens is 218 g/mol. The number of nitrogens with two attached hydrogens (primary N) is 1. The largest absolute Gasteiger partial charge is 0.333 e. The molecule has 0 saturated heterocycles. The van der Waals surface area contributed by atoms with E-state index in [1.165, 1.54) is 0 Å². The molecule has 0 heterocycles. The quantitative estimate of drug-likeness (QED) is 0.758. The van der Waals surface area contributed by atoms with E-state index in [9.17, 15) is 0 Å². The van der Waals surface area contributed by atoms with E-state index >= 15 is 0 Å². The lowest BCUT2D eigenvalue weighted by Gasteiger charge is -2.47. The second-order valence-corrected chi connectivity index (χ2v) is 24.7. The minimum Gasteiger partial charge on any atom is -0.333 e. The van der Waals surface area contributed by atoms with Crippen LogP contribution in [0.4, 0.5) is 0 Å². The zero-order chi connectivity index (χ0) is 11.8. The summed E-state index contributed by atoms with van der Waals surface area (Å²) >= 11 is 0. The molecule has 0 aromatic rings. The average molecular weight is 248 g/mol. The first-order chi connectivity index (χ1) is 5.93. The third kappa shape index (κ3) is 3.64. The van der Waals surface area contributed by atoms with Gasteiger partial charge in [-0.05, 0) is 6.17 Å². The second kappa shape index (κ2) is 4.23. The first-order valence-corrected chi connectivity index (χ1v) is 16.1. The van der Waals surface area contributed by atoms with Gasteiger partial charge in [-0.1, -0.05) is 57.2 Å². The van der Waals surface area contributed by atoms with Gasteiger partial charge in [0.25, 0.3) is 0 Å². The van der Waals surface area contributed by atoms with Crippen molar-refractivity contribution in [2.24, 2.45) is 5.73 Å². The van der Waals surface area contributed by atoms with E-state index in [-0.39, 0.29) is 0 Å². The molecule has 0 spiro atoms. The molecule has 1 nitrogen and oxygen atoms in total. The van der Waals surface area contributed by atoms with Crippen LogP contribution in [0.3, 0.4) is 0 Å². The van der Waals surface area contributed by atoms with E-state index in [2.05, 4.69) is 52.4 Å². The maximum Gasteiger partial charge on any atom is 0.0602 e. The maximum atomic E-state index is 6.01. The Kier molecular flexibility index (Phi) is 4.42. The van der Waals surface area contributed by atoms with Crippen molar-refractivity contribution in [3.8, 4) is 0 Å². The topological polar surface area (TPSA) is 26.0 Å². The molecule has 0 aromatic carbocycles. The third-order valence-corrected chi connectivity index (χ3v) is 24.2. The van der Waals surface area contributed by atoms with Crippen molar-refractivity contribution >= 4 is 24.2 Å². The van der Waals surface area contributed by atoms with E-state index < -0.39 is 24.2 Å². The molecule has 86 valence electrons. The van der Waals surface area contributed by atoms with Crippen molar-refractivity contribution in [2.75, 3.05) is 6.17 Å². The maximum absolute atomic E-state index is 6.01. The van der Waals surface area contributed by atoms with Gasteiger partial charge in [-0.3, -0.25) is 0 Å². The van der Waals surface area contributed by atoms with Crippen LogP contribution >= 0.6 is 0 Å². The standard InChI is InChI=1S/C10H29NSi3/c1-12(2,3)10(13(4,5)6)14(7,8)9-11/h10H,9,11H2,1-8H3. The van der Waals surface area contributed by atoms with Crippen molar-refractivity contribution in [1.82, 2.24) is 0 Å². The summed E-state index contributed by atoms with van der Waals surface area (Å²) in [4.78, 5) is 1.03. The Hall–Kier alpha value is 0.611. The summed E-state index contributed by atoms with van der Waals surface area (Å²) < 4.78 is 0. The molecule has 0 bridgehead atoms. The van der Waals surface area contributed by atoms with Gasteiger partial charge in [0.15, 0.2) is 0 Å². The summed E-state index contributed by atoms with van der Waals surface area (Å²) in [6.45, 7) is 20.2. The van der Waals surface area contributed by atoms with Crippen molar-refractivity contribution in [3.05, 3.63) is 0 Å². The molecule has 0 atom stereocenters. The highest BCUT2D eigenvalue weighted by molar-refractivity contribution is 7.12. The fourth-order valence-electron chi connectivity index (χ4n) is 3.76. The zero-order valence-electron chi connectivity index (χ0n) is 11.4. The second-order valence-electron chi connectivity index (χ2n) is 7.36. The van der Waals surface area contributed by atoms with Gasteiger partial charge in [-0.15, -0.1) is 0 Å². The Morgan fingerprint density at radius 3 is 1.14 bits per heavy atom. The van der Waals surface area contributed by atoms with Crippen LogP contribution in [0.25, 0.3) is 0 Å². The van der Waals surface area contributed by atoms with Gasteiger partial charge < -0.3 is 5.73 Å². The van der Waals surface area contributed by atoms with Gasteiger partial charge in [0.05, 0.1) is 8.07 Å². The summed E-state index contributed by atoms with van der Waals surface area (Å²) in [5.41, 5.74) is 6.01. The number of hydrogen-bond donors (Lipinski definition) is 1. The molecular formula is C10H29NSi3. The predicted octanol–water partition coefficient (Wildman–Crippen LogP) is 3.32. The molecule has 0 amide bonds. The molecule has 0 aliphatic rings. The van der Waals surface area contributed by atoms with Crippen LogP contribution in [0.1, 0.15) is 0 Å². The fraction of sp³-hybridized carbons (Fsp3) is 1.00. The molecule has 0 fully saturated rings. The van der Waals surface area contributed by atoms with Gasteiger partial charge >= 0.3 is 0 Å². The Morgan fingerprint density at radius 1 is 0.786 bits per heavy atom. The van der Waals surface area contributed by atoms with Crippen molar-refractivity contribution in [1.29, 1.82) is 0 Å². The van der Waals surface area contributed by atoms with E-state index in [0.717, 1.165) is 11.0 Å². The minimum atomic E-state index is -1.18. The van der Waals surface area contributed by atoms with Gasteiger partial charge in [-0.25, -0.2) is 0 Å². The Bertz CT molecular complexity index is 175. The third-order valence-electron chi connectivity index (χ3n) is 3.04. The predicted molar refractivity (Wildman–Crippen MR) is 77.0 cm³/mol. The highest BCUT2D eigenvalue weighted by Crippen LogP contribution is 2.39. The van der Waals surface area contributed by atoms with Crippen LogP contribution in [-0.2, 0) is 0 Å². The van der Waals surface area contributed by atoms with Gasteiger partial charge in [-0.2, -0.15) is 0 Å². The number of hydrogen-bond acceptors (Lipinski definition) is 1. The molecule has 0 aromatic heterocycles. The summed E-state index contributed by atoms with van der Waals surface area (Å²) in [6, 6.07) is 0. The molecule has 0 rings (SSSR count). The van der Waals surface area contributed by atoms with Crippen LogP contribution in [0.2, 0.25) is 57.2 Å². The fourth-order valence-corrected chi connectivity index (χ4v) is 33.9. The molecule has 0 aliphatic carbocycles. The monoisotopic (exact) mass is 247 g/mol. The van der Waals surface area contributed by atoms with E-state index in [1.54, 1.807) is 0 Å². The Morgan fingerprint density at radius 2 is 1.07 bits per heavy atom. The Balaban J connectivity index is 5.14. The highest BCUT2D eigenvalue weighted by Gasteiger charge is 2.47. The minimum absolute atomic E-state index is 0.964. The van der Waals surface area contributed by atoms with Crippen LogP contribution in [0.15, 0.2) is 0 Å². The van der Waals surface area contributed by atoms with Gasteiger partial charge in [0.2, 0.25) is 0 Å². The van der Waals surface area contributed by atoms with Crippen molar-refractivity contribution in [3.63, 3.8) is 0 Å². The summed E-state index contributed by atoms with van der Waals surface area (Å²) in [6.07, 6.45) is 0.964. The van der Waals surface area contributed by atoms with E-state index in [0.29, 0.717) is 0 Å². The van der Waals surface area contributed by atoms with Crippen LogP contribution in [0, 0.1) is 0 Å². The molecule has 4 heteroatoms. The first-order valence-electron chi connectivity index (χ1n) is 5.63. The van der Waals surface area contributed by atoms with Crippen LogP contribution in [0.5, 0.6) is 0 Å². The molecule has 0 unspecified atom stereocenters. The molecule has 14 heavy (non-hydrogen) atoms. The van der Waals surface area contributed by atoms with Gasteiger partial charge in [0, 0.05) is 16.1 Å². The van der Waals surface area contributed by atoms with Crippen LogP contribution in [-0.4, -0.2) is 30.4 Å². The lowest BCUT2D eigenvalue weighted by molar-refractivity contribution is 1.22. The molecule has 0 radical (unpaired) electrons. The summed E-state index contributed by atoms with van der Waals surface area (Å²) in [5.74, 6) is 0. The summed E-state index contributed by atoms with van der Waals surface area (Å²) in [5, 5.41) is 0. The summed E-state index contributed by atoms with van der Waals surface area (Å²) in [7, 11) is -3.25. The van der Waals surface area contributed by atoms with E-state index in [4.69, 9.17) is 5.73 Å². The Labute approximate surface area is 93.5 Å². The lowest BCUT2D eigenvalue weighted by atomic mass is 11.5. The SMILES string of the molecule is C[Si](C)(C)C([Si](C)(C)C)[Si](C)(C)CN. The molecule has 0 saturated carbocycles. The average Bonchev–Trinajstić information content (AvgIpc) is 1.79. The normalized spacial score (nSPS) is 15.0. The van der Waals surface area contributed by atoms with E-state index in [1.807, 2.05) is 0 Å². The highest BCUT2D eigenvalue weighted by atomic mass is 28.5. The smallest absolute Gasteiger partial charge is 0.0602 e. The molecule has 2 N–H and O–H groups in total. The number of rotatable bonds is 4. The van der Waals surface area contributed by atoms with Gasteiger partial charge in [0.1, 0.15) is 0 Å². The zero-order valence-corrected chi connectivity index (χ0v) is 14.4. The molecule has 0 aliphatic heterocycles. The first kappa shape index (κ1) is 14.6.